The Hall–Kier alpha value is -1.33. The monoisotopic (exact) mass is 418 g/mol. The van der Waals surface area contributed by atoms with Crippen LogP contribution in [0.2, 0.25) is 16.6 Å². The summed E-state index contributed by atoms with van der Waals surface area (Å²) in [5.74, 6) is 0.309. The van der Waals surface area contributed by atoms with Gasteiger partial charge in [-0.1, -0.05) is 41.5 Å². The topological polar surface area (TPSA) is 46.5 Å². The number of carboxylic acid groups (broad SMARTS) is 1. The summed E-state index contributed by atoms with van der Waals surface area (Å²) in [5.41, 5.74) is 3.84. The van der Waals surface area contributed by atoms with Crippen molar-refractivity contribution in [3.63, 3.8) is 0 Å². The molecule has 5 heteroatoms. The van der Waals surface area contributed by atoms with Crippen LogP contribution in [0.4, 0.5) is 0 Å². The standard InChI is InChI=1S/C23H34O3SSi/c1-13(2)28(14(3)4,15(5)6)26-18-10-19(17-8-9-17)22-20(16(7)23(24)25)12-27-21(22)11-18/h10-17H,8-9H2,1-7H3,(H,24,25). The molecule has 1 unspecified atom stereocenters. The minimum atomic E-state index is -2.02. The molecule has 1 aromatic heterocycles. The van der Waals surface area contributed by atoms with Crippen molar-refractivity contribution in [1.29, 1.82) is 0 Å². The average Bonchev–Trinajstić information content (AvgIpc) is 3.36. The lowest BCUT2D eigenvalue weighted by Gasteiger charge is -2.42. The Kier molecular flexibility index (Phi) is 5.98. The van der Waals surface area contributed by atoms with Crippen LogP contribution in [-0.4, -0.2) is 19.4 Å². The van der Waals surface area contributed by atoms with Gasteiger partial charge >= 0.3 is 5.97 Å². The van der Waals surface area contributed by atoms with Gasteiger partial charge in [0.05, 0.1) is 5.92 Å². The molecule has 0 radical (unpaired) electrons. The van der Waals surface area contributed by atoms with E-state index in [-0.39, 0.29) is 0 Å². The minimum absolute atomic E-state index is 0.478. The van der Waals surface area contributed by atoms with E-state index in [9.17, 15) is 9.90 Å². The highest BCUT2D eigenvalue weighted by molar-refractivity contribution is 7.17. The summed E-state index contributed by atoms with van der Waals surface area (Å²) in [4.78, 5) is 11.6. The van der Waals surface area contributed by atoms with Gasteiger partial charge in [-0.05, 0) is 70.9 Å². The maximum Gasteiger partial charge on any atom is 0.310 e. The molecule has 28 heavy (non-hydrogen) atoms. The third kappa shape index (κ3) is 3.63. The van der Waals surface area contributed by atoms with E-state index in [1.54, 1.807) is 18.3 Å². The first-order chi connectivity index (χ1) is 13.1. The van der Waals surface area contributed by atoms with Gasteiger partial charge in [-0.15, -0.1) is 11.3 Å². The van der Waals surface area contributed by atoms with Gasteiger partial charge in [0.15, 0.2) is 0 Å². The quantitative estimate of drug-likeness (QED) is 0.451. The second-order valence-corrected chi connectivity index (χ2v) is 15.6. The van der Waals surface area contributed by atoms with Crippen LogP contribution in [0.3, 0.4) is 0 Å². The van der Waals surface area contributed by atoms with Gasteiger partial charge in [-0.3, -0.25) is 4.79 Å². The molecule has 1 aromatic carbocycles. The van der Waals surface area contributed by atoms with Gasteiger partial charge in [0, 0.05) is 10.1 Å². The van der Waals surface area contributed by atoms with E-state index in [2.05, 4.69) is 53.7 Å². The molecular formula is C23H34O3SSi. The molecule has 2 aromatic rings. The number of aliphatic carboxylic acids is 1. The number of benzene rings is 1. The van der Waals surface area contributed by atoms with Crippen LogP contribution in [0.15, 0.2) is 17.5 Å². The van der Waals surface area contributed by atoms with Crippen molar-refractivity contribution in [3.05, 3.63) is 28.6 Å². The Balaban J connectivity index is 2.12. The van der Waals surface area contributed by atoms with Crippen LogP contribution in [0.25, 0.3) is 10.1 Å². The Morgan fingerprint density at radius 1 is 1.07 bits per heavy atom. The van der Waals surface area contributed by atoms with Crippen molar-refractivity contribution < 1.29 is 14.3 Å². The van der Waals surface area contributed by atoms with Gasteiger partial charge in [0.25, 0.3) is 8.32 Å². The smallest absolute Gasteiger partial charge is 0.310 e. The highest BCUT2D eigenvalue weighted by Crippen LogP contribution is 2.49. The Labute approximate surface area is 174 Å². The molecule has 154 valence electrons. The van der Waals surface area contributed by atoms with E-state index in [1.807, 2.05) is 5.38 Å². The number of hydrogen-bond donors (Lipinski definition) is 1. The predicted molar refractivity (Wildman–Crippen MR) is 122 cm³/mol. The summed E-state index contributed by atoms with van der Waals surface area (Å²) in [6, 6.07) is 4.40. The average molecular weight is 419 g/mol. The molecule has 0 amide bonds. The van der Waals surface area contributed by atoms with E-state index in [1.165, 1.54) is 28.5 Å². The first-order valence-electron chi connectivity index (χ1n) is 10.6. The van der Waals surface area contributed by atoms with Crippen molar-refractivity contribution in [2.45, 2.75) is 89.8 Å². The number of thiophene rings is 1. The fourth-order valence-corrected chi connectivity index (χ4v) is 11.3. The van der Waals surface area contributed by atoms with E-state index in [0.717, 1.165) is 11.3 Å². The van der Waals surface area contributed by atoms with Crippen molar-refractivity contribution >= 4 is 35.7 Å². The highest BCUT2D eigenvalue weighted by atomic mass is 32.1. The number of hydrogen-bond acceptors (Lipinski definition) is 3. The van der Waals surface area contributed by atoms with E-state index >= 15 is 0 Å². The van der Waals surface area contributed by atoms with Crippen molar-refractivity contribution in [1.82, 2.24) is 0 Å². The largest absolute Gasteiger partial charge is 0.543 e. The van der Waals surface area contributed by atoms with Crippen LogP contribution in [0.5, 0.6) is 5.75 Å². The third-order valence-corrected chi connectivity index (χ3v) is 13.5. The second-order valence-electron chi connectivity index (χ2n) is 9.33. The third-order valence-electron chi connectivity index (χ3n) is 6.56. The molecule has 3 nitrogen and oxygen atoms in total. The predicted octanol–water partition coefficient (Wildman–Crippen LogP) is 7.52. The van der Waals surface area contributed by atoms with Crippen LogP contribution >= 0.6 is 11.3 Å². The molecule has 1 aliphatic carbocycles. The normalized spacial score (nSPS) is 16.4. The summed E-state index contributed by atoms with van der Waals surface area (Å²) in [5, 5.41) is 12.7. The van der Waals surface area contributed by atoms with Gasteiger partial charge < -0.3 is 9.53 Å². The van der Waals surface area contributed by atoms with Crippen LogP contribution < -0.4 is 4.43 Å². The summed E-state index contributed by atoms with van der Waals surface area (Å²) < 4.78 is 8.13. The Morgan fingerprint density at radius 2 is 1.64 bits per heavy atom. The summed E-state index contributed by atoms with van der Waals surface area (Å²) in [7, 11) is -2.02. The van der Waals surface area contributed by atoms with E-state index < -0.39 is 20.2 Å². The molecule has 0 spiro atoms. The highest BCUT2D eigenvalue weighted by Gasteiger charge is 2.47. The van der Waals surface area contributed by atoms with Crippen LogP contribution in [0, 0.1) is 0 Å². The van der Waals surface area contributed by atoms with Gasteiger partial charge in [0.2, 0.25) is 0 Å². The Morgan fingerprint density at radius 3 is 2.11 bits per heavy atom. The maximum absolute atomic E-state index is 11.6. The van der Waals surface area contributed by atoms with Gasteiger partial charge in [-0.2, -0.15) is 0 Å². The number of rotatable bonds is 8. The first-order valence-corrected chi connectivity index (χ1v) is 13.6. The summed E-state index contributed by atoms with van der Waals surface area (Å²) in [6.45, 7) is 15.6. The number of fused-ring (bicyclic) bond motifs is 1. The zero-order valence-electron chi connectivity index (χ0n) is 18.2. The lowest BCUT2D eigenvalue weighted by atomic mass is 9.95. The first kappa shape index (κ1) is 21.4. The second kappa shape index (κ2) is 7.83. The Bertz CT molecular complexity index is 842. The molecule has 1 N–H and O–H groups in total. The molecule has 0 saturated heterocycles. The summed E-state index contributed by atoms with van der Waals surface area (Å²) in [6.07, 6.45) is 2.38. The molecular weight excluding hydrogens is 384 g/mol. The molecule has 1 heterocycles. The molecule has 0 aliphatic heterocycles. The van der Waals surface area contributed by atoms with Crippen molar-refractivity contribution in [2.75, 3.05) is 0 Å². The fraction of sp³-hybridized carbons (Fsp3) is 0.609. The summed E-state index contributed by atoms with van der Waals surface area (Å²) >= 11 is 1.66. The molecule has 1 atom stereocenters. The number of carbonyl (C=O) groups is 1. The van der Waals surface area contributed by atoms with E-state index in [4.69, 9.17) is 4.43 Å². The fourth-order valence-electron chi connectivity index (χ4n) is 4.98. The molecule has 1 fully saturated rings. The number of carboxylic acids is 1. The van der Waals surface area contributed by atoms with E-state index in [0.29, 0.717) is 22.5 Å². The minimum Gasteiger partial charge on any atom is -0.543 e. The van der Waals surface area contributed by atoms with Crippen molar-refractivity contribution in [3.8, 4) is 5.75 Å². The lowest BCUT2D eigenvalue weighted by molar-refractivity contribution is -0.138. The molecule has 1 saturated carbocycles. The maximum atomic E-state index is 11.6. The SMILES string of the molecule is CC(C(=O)O)c1csc2cc(O[Si](C(C)C)(C(C)C)C(C)C)cc(C3CC3)c12. The zero-order chi connectivity index (χ0) is 20.8. The van der Waals surface area contributed by atoms with Gasteiger partial charge in [0.1, 0.15) is 5.75 Å². The molecule has 3 rings (SSSR count). The van der Waals surface area contributed by atoms with Crippen LogP contribution in [-0.2, 0) is 4.79 Å². The lowest BCUT2D eigenvalue weighted by Crippen LogP contribution is -2.50. The molecule has 1 aliphatic rings. The van der Waals surface area contributed by atoms with Crippen LogP contribution in [0.1, 0.15) is 84.3 Å². The van der Waals surface area contributed by atoms with Crippen molar-refractivity contribution in [2.24, 2.45) is 0 Å². The zero-order valence-corrected chi connectivity index (χ0v) is 20.0. The van der Waals surface area contributed by atoms with Gasteiger partial charge in [-0.25, -0.2) is 0 Å². The molecule has 0 bridgehead atoms.